The predicted octanol–water partition coefficient (Wildman–Crippen LogP) is 1.52. The number of nitrogens with one attached hydrogen (secondary N) is 2. The molecule has 0 saturated heterocycles. The van der Waals surface area contributed by atoms with Crippen molar-refractivity contribution in [2.45, 2.75) is 19.9 Å². The Morgan fingerprint density at radius 3 is 2.41 bits per heavy atom. The molecule has 0 aliphatic carbocycles. The predicted molar refractivity (Wildman–Crippen MR) is 72.4 cm³/mol. The Morgan fingerprint density at radius 2 is 1.88 bits per heavy atom. The third kappa shape index (κ3) is 4.56. The van der Waals surface area contributed by atoms with Crippen molar-refractivity contribution < 1.29 is 0 Å². The van der Waals surface area contributed by atoms with Gasteiger partial charge in [-0.2, -0.15) is 0 Å². The van der Waals surface area contributed by atoms with E-state index < -0.39 is 0 Å². The molecule has 0 aromatic carbocycles. The minimum absolute atomic E-state index is 0.379. The quantitative estimate of drug-likeness (QED) is 0.785. The average Bonchev–Trinajstić information content (AvgIpc) is 2.27. The fourth-order valence-electron chi connectivity index (χ4n) is 1.58. The van der Waals surface area contributed by atoms with Gasteiger partial charge in [0.05, 0.1) is 0 Å². The topological polar surface area (TPSA) is 53.1 Å². The highest BCUT2D eigenvalue weighted by Gasteiger charge is 2.14. The maximum absolute atomic E-state index is 4.24. The lowest BCUT2D eigenvalue weighted by atomic mass is 10.0. The van der Waals surface area contributed by atoms with Crippen LogP contribution >= 0.6 is 0 Å². The fourth-order valence-corrected chi connectivity index (χ4v) is 1.58. The maximum Gasteiger partial charge on any atom is 0.131 e. The number of rotatable bonds is 6. The molecule has 0 amide bonds. The zero-order chi connectivity index (χ0) is 12.8. The minimum atomic E-state index is 0.379. The van der Waals surface area contributed by atoms with Gasteiger partial charge in [0.15, 0.2) is 0 Å². The van der Waals surface area contributed by atoms with Crippen molar-refractivity contribution in [2.24, 2.45) is 5.92 Å². The molecule has 0 aliphatic heterocycles. The monoisotopic (exact) mass is 237 g/mol. The first-order chi connectivity index (χ1) is 8.02. The standard InChI is InChI=1S/C12H23N5/c1-9(2)10(7-17(4)5)16-12-6-11(13-3)14-8-15-12/h6,8-10H,7H2,1-5H3,(H2,13,14,15,16). The lowest BCUT2D eigenvalue weighted by molar-refractivity contribution is 0.344. The molecule has 5 heteroatoms. The van der Waals surface area contributed by atoms with Gasteiger partial charge in [-0.05, 0) is 20.0 Å². The van der Waals surface area contributed by atoms with E-state index in [2.05, 4.69) is 53.4 Å². The summed E-state index contributed by atoms with van der Waals surface area (Å²) in [6, 6.07) is 2.30. The summed E-state index contributed by atoms with van der Waals surface area (Å²) in [5, 5.41) is 6.46. The maximum atomic E-state index is 4.24. The molecule has 0 radical (unpaired) electrons. The number of likely N-dealkylation sites (N-methyl/N-ethyl adjacent to an activating group) is 1. The van der Waals surface area contributed by atoms with Gasteiger partial charge in [0.25, 0.3) is 0 Å². The van der Waals surface area contributed by atoms with Gasteiger partial charge >= 0.3 is 0 Å². The zero-order valence-electron chi connectivity index (χ0n) is 11.4. The molecule has 1 aromatic rings. The van der Waals surface area contributed by atoms with Crippen LogP contribution in [0.15, 0.2) is 12.4 Å². The highest BCUT2D eigenvalue weighted by molar-refractivity contribution is 5.46. The molecule has 17 heavy (non-hydrogen) atoms. The van der Waals surface area contributed by atoms with Crippen molar-refractivity contribution in [3.63, 3.8) is 0 Å². The molecule has 0 fully saturated rings. The van der Waals surface area contributed by atoms with Gasteiger partial charge in [-0.15, -0.1) is 0 Å². The zero-order valence-corrected chi connectivity index (χ0v) is 11.4. The van der Waals surface area contributed by atoms with Crippen LogP contribution in [0.5, 0.6) is 0 Å². The molecule has 96 valence electrons. The highest BCUT2D eigenvalue weighted by atomic mass is 15.1. The van der Waals surface area contributed by atoms with Crippen LogP contribution in [0.3, 0.4) is 0 Å². The molecule has 0 aliphatic rings. The van der Waals surface area contributed by atoms with Gasteiger partial charge < -0.3 is 15.5 Å². The molecular weight excluding hydrogens is 214 g/mol. The number of anilines is 2. The summed E-state index contributed by atoms with van der Waals surface area (Å²) in [4.78, 5) is 10.5. The number of nitrogens with zero attached hydrogens (tertiary/aromatic N) is 3. The largest absolute Gasteiger partial charge is 0.373 e. The van der Waals surface area contributed by atoms with Crippen LogP contribution in [0.2, 0.25) is 0 Å². The Kier molecular flexibility index (Phi) is 5.15. The summed E-state index contributed by atoms with van der Waals surface area (Å²) in [5.41, 5.74) is 0. The minimum Gasteiger partial charge on any atom is -0.373 e. The SMILES string of the molecule is CNc1cc(NC(CN(C)C)C(C)C)ncn1. The summed E-state index contributed by atoms with van der Waals surface area (Å²) in [6.45, 7) is 5.40. The van der Waals surface area contributed by atoms with Crippen LogP contribution in [0, 0.1) is 5.92 Å². The van der Waals surface area contributed by atoms with Crippen LogP contribution in [0.25, 0.3) is 0 Å². The molecule has 1 unspecified atom stereocenters. The van der Waals surface area contributed by atoms with Crippen LogP contribution in [0.4, 0.5) is 11.6 Å². The van der Waals surface area contributed by atoms with Crippen LogP contribution < -0.4 is 10.6 Å². The van der Waals surface area contributed by atoms with Crippen molar-refractivity contribution in [1.82, 2.24) is 14.9 Å². The van der Waals surface area contributed by atoms with Crippen molar-refractivity contribution in [3.05, 3.63) is 12.4 Å². The van der Waals surface area contributed by atoms with Gasteiger partial charge in [-0.1, -0.05) is 13.8 Å². The molecule has 1 atom stereocenters. The first-order valence-corrected chi connectivity index (χ1v) is 5.94. The fraction of sp³-hybridized carbons (Fsp3) is 0.667. The Bertz CT molecular complexity index is 337. The lowest BCUT2D eigenvalue weighted by Gasteiger charge is -2.26. The van der Waals surface area contributed by atoms with Crippen LogP contribution in [-0.4, -0.2) is 48.6 Å². The second-order valence-corrected chi connectivity index (χ2v) is 4.80. The summed E-state index contributed by atoms with van der Waals surface area (Å²) in [7, 11) is 6.01. The Hall–Kier alpha value is -1.36. The molecule has 0 bridgehead atoms. The molecule has 2 N–H and O–H groups in total. The second-order valence-electron chi connectivity index (χ2n) is 4.80. The Balaban J connectivity index is 2.71. The Morgan fingerprint density at radius 1 is 1.24 bits per heavy atom. The van der Waals surface area contributed by atoms with E-state index in [1.165, 1.54) is 0 Å². The average molecular weight is 237 g/mol. The van der Waals surface area contributed by atoms with Crippen LogP contribution in [0.1, 0.15) is 13.8 Å². The normalized spacial score (nSPS) is 12.9. The lowest BCUT2D eigenvalue weighted by Crippen LogP contribution is -2.36. The number of hydrogen-bond acceptors (Lipinski definition) is 5. The summed E-state index contributed by atoms with van der Waals surface area (Å²) >= 11 is 0. The molecule has 0 spiro atoms. The summed E-state index contributed by atoms with van der Waals surface area (Å²) in [5.74, 6) is 2.24. The van der Waals surface area contributed by atoms with E-state index in [1.807, 2.05) is 13.1 Å². The van der Waals surface area contributed by atoms with E-state index in [1.54, 1.807) is 6.33 Å². The molecule has 1 aromatic heterocycles. The number of aromatic nitrogens is 2. The second kappa shape index (κ2) is 6.39. The van der Waals surface area contributed by atoms with Crippen molar-refractivity contribution >= 4 is 11.6 Å². The Labute approximate surface area is 104 Å². The van der Waals surface area contributed by atoms with E-state index in [0.717, 1.165) is 18.2 Å². The summed E-state index contributed by atoms with van der Waals surface area (Å²) < 4.78 is 0. The summed E-state index contributed by atoms with van der Waals surface area (Å²) in [6.07, 6.45) is 1.57. The highest BCUT2D eigenvalue weighted by Crippen LogP contribution is 2.13. The van der Waals surface area contributed by atoms with Gasteiger partial charge in [-0.3, -0.25) is 0 Å². The van der Waals surface area contributed by atoms with E-state index in [-0.39, 0.29) is 0 Å². The van der Waals surface area contributed by atoms with Crippen molar-refractivity contribution in [2.75, 3.05) is 38.3 Å². The molecule has 5 nitrogen and oxygen atoms in total. The smallest absolute Gasteiger partial charge is 0.131 e. The molecule has 1 rings (SSSR count). The van der Waals surface area contributed by atoms with Gasteiger partial charge in [-0.25, -0.2) is 9.97 Å². The van der Waals surface area contributed by atoms with Gasteiger partial charge in [0.2, 0.25) is 0 Å². The first-order valence-electron chi connectivity index (χ1n) is 5.94. The molecular formula is C12H23N5. The third-order valence-corrected chi connectivity index (χ3v) is 2.62. The number of hydrogen-bond donors (Lipinski definition) is 2. The van der Waals surface area contributed by atoms with Crippen LogP contribution in [-0.2, 0) is 0 Å². The third-order valence-electron chi connectivity index (χ3n) is 2.62. The van der Waals surface area contributed by atoms with E-state index in [0.29, 0.717) is 12.0 Å². The van der Waals surface area contributed by atoms with Gasteiger partial charge in [0.1, 0.15) is 18.0 Å². The molecule has 0 saturated carbocycles. The van der Waals surface area contributed by atoms with Crippen molar-refractivity contribution in [1.29, 1.82) is 0 Å². The van der Waals surface area contributed by atoms with Gasteiger partial charge in [0, 0.05) is 25.7 Å². The van der Waals surface area contributed by atoms with E-state index in [4.69, 9.17) is 0 Å². The molecule has 1 heterocycles. The van der Waals surface area contributed by atoms with E-state index >= 15 is 0 Å². The van der Waals surface area contributed by atoms with Crippen molar-refractivity contribution in [3.8, 4) is 0 Å². The van der Waals surface area contributed by atoms with E-state index in [9.17, 15) is 0 Å². The first kappa shape index (κ1) is 13.7.